The summed E-state index contributed by atoms with van der Waals surface area (Å²) in [6.07, 6.45) is 1.72. The van der Waals surface area contributed by atoms with Gasteiger partial charge < -0.3 is 4.74 Å². The quantitative estimate of drug-likeness (QED) is 0.568. The van der Waals surface area contributed by atoms with Crippen LogP contribution in [0.4, 0.5) is 0 Å². The van der Waals surface area contributed by atoms with Crippen LogP contribution in [0.15, 0.2) is 36.5 Å². The minimum absolute atomic E-state index is 0. The molecule has 4 heteroatoms. The van der Waals surface area contributed by atoms with Gasteiger partial charge in [0.2, 0.25) is 0 Å². The summed E-state index contributed by atoms with van der Waals surface area (Å²) in [4.78, 5) is 15.4. The first-order chi connectivity index (χ1) is 6.81. The SMILES string of the molecule is COC(=O)c1ccc2ncccc2c1.[Fe]. The summed E-state index contributed by atoms with van der Waals surface area (Å²) < 4.78 is 4.63. The molecule has 0 fully saturated rings. The topological polar surface area (TPSA) is 39.2 Å². The monoisotopic (exact) mass is 243 g/mol. The van der Waals surface area contributed by atoms with Gasteiger partial charge in [-0.25, -0.2) is 4.79 Å². The van der Waals surface area contributed by atoms with Crippen molar-refractivity contribution in [2.24, 2.45) is 0 Å². The summed E-state index contributed by atoms with van der Waals surface area (Å²) in [5.41, 5.74) is 1.42. The molecule has 2 rings (SSSR count). The van der Waals surface area contributed by atoms with Gasteiger partial charge in [-0.1, -0.05) is 6.07 Å². The molecule has 0 spiro atoms. The summed E-state index contributed by atoms with van der Waals surface area (Å²) in [5.74, 6) is -0.323. The number of benzene rings is 1. The van der Waals surface area contributed by atoms with Crippen LogP contribution in [-0.4, -0.2) is 18.1 Å². The van der Waals surface area contributed by atoms with Crippen LogP contribution in [0.2, 0.25) is 0 Å². The van der Waals surface area contributed by atoms with Gasteiger partial charge >= 0.3 is 5.97 Å². The van der Waals surface area contributed by atoms with Gasteiger partial charge in [-0.15, -0.1) is 0 Å². The molecule has 0 saturated carbocycles. The molecule has 3 nitrogen and oxygen atoms in total. The molecule has 0 radical (unpaired) electrons. The number of rotatable bonds is 1. The molecule has 0 aliphatic carbocycles. The largest absolute Gasteiger partial charge is 0.465 e. The van der Waals surface area contributed by atoms with Crippen molar-refractivity contribution in [2.75, 3.05) is 7.11 Å². The number of ether oxygens (including phenoxy) is 1. The van der Waals surface area contributed by atoms with Crippen LogP contribution < -0.4 is 0 Å². The zero-order valence-corrected chi connectivity index (χ0v) is 9.19. The zero-order valence-electron chi connectivity index (χ0n) is 8.08. The minimum atomic E-state index is -0.323. The second kappa shape index (κ2) is 4.91. The molecule has 78 valence electrons. The van der Waals surface area contributed by atoms with E-state index in [4.69, 9.17) is 0 Å². The van der Waals surface area contributed by atoms with E-state index in [9.17, 15) is 4.79 Å². The first-order valence-electron chi connectivity index (χ1n) is 4.24. The van der Waals surface area contributed by atoms with Crippen molar-refractivity contribution in [2.45, 2.75) is 0 Å². The van der Waals surface area contributed by atoms with E-state index in [0.29, 0.717) is 5.56 Å². The Morgan fingerprint density at radius 3 is 2.87 bits per heavy atom. The Hall–Kier alpha value is -1.38. The van der Waals surface area contributed by atoms with Crippen LogP contribution in [0.3, 0.4) is 0 Å². The number of fused-ring (bicyclic) bond motifs is 1. The predicted molar refractivity (Wildman–Crippen MR) is 53.1 cm³/mol. The Morgan fingerprint density at radius 2 is 2.13 bits per heavy atom. The van der Waals surface area contributed by atoms with Gasteiger partial charge in [-0.3, -0.25) is 4.98 Å². The minimum Gasteiger partial charge on any atom is -0.465 e. The number of carbonyl (C=O) groups excluding carboxylic acids is 1. The van der Waals surface area contributed by atoms with Crippen LogP contribution in [-0.2, 0) is 21.8 Å². The van der Waals surface area contributed by atoms with E-state index in [1.165, 1.54) is 7.11 Å². The Morgan fingerprint density at radius 1 is 1.33 bits per heavy atom. The number of methoxy groups -OCH3 is 1. The third-order valence-corrected chi connectivity index (χ3v) is 2.02. The van der Waals surface area contributed by atoms with Gasteiger partial charge in [0, 0.05) is 28.7 Å². The number of nitrogens with zero attached hydrogens (tertiary/aromatic N) is 1. The first-order valence-corrected chi connectivity index (χ1v) is 4.24. The smallest absolute Gasteiger partial charge is 0.337 e. The number of aromatic nitrogens is 1. The number of carbonyl (C=O) groups is 1. The summed E-state index contributed by atoms with van der Waals surface area (Å²) in [7, 11) is 1.37. The van der Waals surface area contributed by atoms with Gasteiger partial charge in [-0.2, -0.15) is 0 Å². The van der Waals surface area contributed by atoms with Crippen molar-refractivity contribution in [1.82, 2.24) is 4.98 Å². The third kappa shape index (κ3) is 2.35. The van der Waals surface area contributed by atoms with E-state index in [1.54, 1.807) is 18.3 Å². The molecule has 0 N–H and O–H groups in total. The fourth-order valence-corrected chi connectivity index (χ4v) is 1.32. The Balaban J connectivity index is 0.00000112. The molecule has 0 aliphatic rings. The maximum Gasteiger partial charge on any atom is 0.337 e. The number of esters is 1. The summed E-state index contributed by atoms with van der Waals surface area (Å²) in [5, 5.41) is 0.940. The van der Waals surface area contributed by atoms with E-state index in [2.05, 4.69) is 9.72 Å². The van der Waals surface area contributed by atoms with Crippen molar-refractivity contribution in [3.63, 3.8) is 0 Å². The molecular weight excluding hydrogens is 234 g/mol. The molecule has 0 aliphatic heterocycles. The fourth-order valence-electron chi connectivity index (χ4n) is 1.32. The van der Waals surface area contributed by atoms with E-state index in [0.717, 1.165) is 10.9 Å². The molecule has 1 heterocycles. The molecule has 0 atom stereocenters. The van der Waals surface area contributed by atoms with Crippen molar-refractivity contribution < 1.29 is 26.6 Å². The molecule has 0 amide bonds. The molecule has 0 bridgehead atoms. The van der Waals surface area contributed by atoms with Crippen molar-refractivity contribution >= 4 is 16.9 Å². The van der Waals surface area contributed by atoms with Crippen LogP contribution in [0, 0.1) is 0 Å². The normalized spacial score (nSPS) is 9.40. The van der Waals surface area contributed by atoms with Crippen molar-refractivity contribution in [1.29, 1.82) is 0 Å². The van der Waals surface area contributed by atoms with Gasteiger partial charge in [0.05, 0.1) is 18.2 Å². The average molecular weight is 243 g/mol. The van der Waals surface area contributed by atoms with Crippen LogP contribution >= 0.6 is 0 Å². The molecular formula is C11H9FeNO2. The van der Waals surface area contributed by atoms with E-state index < -0.39 is 0 Å². The van der Waals surface area contributed by atoms with Crippen LogP contribution in [0.5, 0.6) is 0 Å². The van der Waals surface area contributed by atoms with Crippen molar-refractivity contribution in [3.8, 4) is 0 Å². The van der Waals surface area contributed by atoms with E-state index in [1.807, 2.05) is 18.2 Å². The molecule has 2 aromatic rings. The first kappa shape index (κ1) is 11.7. The number of hydrogen-bond acceptors (Lipinski definition) is 3. The van der Waals surface area contributed by atoms with Crippen LogP contribution in [0.25, 0.3) is 10.9 Å². The maximum atomic E-state index is 11.2. The van der Waals surface area contributed by atoms with Crippen molar-refractivity contribution in [3.05, 3.63) is 42.1 Å². The Kier molecular flexibility index (Phi) is 3.83. The summed E-state index contributed by atoms with van der Waals surface area (Å²) >= 11 is 0. The maximum absolute atomic E-state index is 11.2. The third-order valence-electron chi connectivity index (χ3n) is 2.02. The van der Waals surface area contributed by atoms with Gasteiger partial charge in [0.25, 0.3) is 0 Å². The standard InChI is InChI=1S/C11H9NO2.Fe/c1-14-11(13)9-4-5-10-8(7-9)3-2-6-12-10;/h2-7H,1H3;. The van der Waals surface area contributed by atoms with Gasteiger partial charge in [0.15, 0.2) is 0 Å². The molecule has 0 saturated heterocycles. The average Bonchev–Trinajstić information content (AvgIpc) is 2.27. The van der Waals surface area contributed by atoms with E-state index in [-0.39, 0.29) is 23.0 Å². The Bertz CT molecular complexity index is 485. The van der Waals surface area contributed by atoms with E-state index >= 15 is 0 Å². The fraction of sp³-hybridized carbons (Fsp3) is 0.0909. The second-order valence-corrected chi connectivity index (χ2v) is 2.90. The van der Waals surface area contributed by atoms with Crippen LogP contribution in [0.1, 0.15) is 10.4 Å². The second-order valence-electron chi connectivity index (χ2n) is 2.90. The molecule has 15 heavy (non-hydrogen) atoms. The van der Waals surface area contributed by atoms with Gasteiger partial charge in [-0.05, 0) is 24.3 Å². The number of hydrogen-bond donors (Lipinski definition) is 0. The molecule has 1 aromatic carbocycles. The molecule has 1 aromatic heterocycles. The molecule has 0 unspecified atom stereocenters. The van der Waals surface area contributed by atoms with Gasteiger partial charge in [0.1, 0.15) is 0 Å². The predicted octanol–water partition coefficient (Wildman–Crippen LogP) is 2.02. The summed E-state index contributed by atoms with van der Waals surface area (Å²) in [6.45, 7) is 0. The number of pyridine rings is 1. The Labute approximate surface area is 97.9 Å². The summed E-state index contributed by atoms with van der Waals surface area (Å²) in [6, 6.07) is 9.04. The zero-order chi connectivity index (χ0) is 9.97.